The van der Waals surface area contributed by atoms with Gasteiger partial charge in [-0.3, -0.25) is 14.4 Å². The van der Waals surface area contributed by atoms with Crippen LogP contribution in [-0.2, 0) is 25.8 Å². The van der Waals surface area contributed by atoms with Crippen LogP contribution in [0.25, 0.3) is 11.0 Å². The Morgan fingerprint density at radius 3 is 2.64 bits per heavy atom. The second-order valence-corrected chi connectivity index (χ2v) is 10.1. The number of aromatic nitrogens is 3. The summed E-state index contributed by atoms with van der Waals surface area (Å²) in [4.78, 5) is 46.0. The first-order valence-corrected chi connectivity index (χ1v) is 12.1. The van der Waals surface area contributed by atoms with Gasteiger partial charge in [0.1, 0.15) is 23.8 Å². The molecule has 11 heteroatoms. The van der Waals surface area contributed by atoms with Gasteiger partial charge in [-0.2, -0.15) is 0 Å². The number of amides is 3. The third kappa shape index (κ3) is 3.02. The van der Waals surface area contributed by atoms with Crippen molar-refractivity contribution in [2.24, 2.45) is 11.8 Å². The molecule has 0 saturated carbocycles. The Bertz CT molecular complexity index is 1320. The number of fused-ring (bicyclic) bond motifs is 3. The van der Waals surface area contributed by atoms with Gasteiger partial charge in [-0.15, -0.1) is 5.10 Å². The number of hydrogen-bond acceptors (Lipinski definition) is 7. The van der Waals surface area contributed by atoms with E-state index in [4.69, 9.17) is 4.74 Å². The molecule has 4 aliphatic rings. The molecule has 2 aromatic rings. The molecule has 0 radical (unpaired) electrons. The molecule has 1 aromatic heterocycles. The zero-order valence-electron chi connectivity index (χ0n) is 20.1. The third-order valence-corrected chi connectivity index (χ3v) is 7.91. The number of para-hydroxylation sites is 1. The molecule has 188 valence electrons. The highest BCUT2D eigenvalue weighted by atomic mass is 16.5. The van der Waals surface area contributed by atoms with Crippen LogP contribution in [0.15, 0.2) is 48.6 Å². The van der Waals surface area contributed by atoms with Crippen molar-refractivity contribution in [3.63, 3.8) is 0 Å². The number of β-amino-alcohol motifs (C(OH)–C–C–N with tert-alkyl or cyclic N) is 1. The number of aliphatic hydroxyl groups is 1. The molecule has 0 aliphatic carbocycles. The van der Waals surface area contributed by atoms with Gasteiger partial charge in [-0.05, 0) is 19.1 Å². The van der Waals surface area contributed by atoms with Crippen molar-refractivity contribution < 1.29 is 24.2 Å². The van der Waals surface area contributed by atoms with Gasteiger partial charge in [0, 0.05) is 26.7 Å². The molecule has 5 atom stereocenters. The average molecular weight is 493 g/mol. The second kappa shape index (κ2) is 7.97. The fourth-order valence-corrected chi connectivity index (χ4v) is 6.35. The molecule has 0 bridgehead atoms. The normalized spacial score (nSPS) is 33.7. The van der Waals surface area contributed by atoms with E-state index in [0.29, 0.717) is 12.1 Å². The molecule has 11 nitrogen and oxygen atoms in total. The maximum Gasteiger partial charge on any atom is 0.250 e. The van der Waals surface area contributed by atoms with Crippen LogP contribution < -0.4 is 0 Å². The Morgan fingerprint density at radius 1 is 1.06 bits per heavy atom. The van der Waals surface area contributed by atoms with Crippen LogP contribution in [0.3, 0.4) is 0 Å². The molecular weight excluding hydrogens is 464 g/mol. The van der Waals surface area contributed by atoms with Crippen LogP contribution in [0.4, 0.5) is 0 Å². The van der Waals surface area contributed by atoms with Gasteiger partial charge in [-0.1, -0.05) is 41.7 Å². The summed E-state index contributed by atoms with van der Waals surface area (Å²) in [7, 11) is 1.70. The van der Waals surface area contributed by atoms with E-state index in [0.717, 1.165) is 5.52 Å². The summed E-state index contributed by atoms with van der Waals surface area (Å²) >= 11 is 0. The quantitative estimate of drug-likeness (QED) is 0.586. The topological polar surface area (TPSA) is 121 Å². The number of hydrogen-bond donors (Lipinski definition) is 1. The maximum absolute atomic E-state index is 14.1. The lowest BCUT2D eigenvalue weighted by Gasteiger charge is -2.37. The van der Waals surface area contributed by atoms with Gasteiger partial charge in [0.15, 0.2) is 0 Å². The number of ether oxygens (including phenoxy) is 1. The Labute approximate surface area is 207 Å². The Kier molecular flexibility index (Phi) is 5.06. The Balaban J connectivity index is 1.43. The number of carbonyl (C=O) groups is 3. The summed E-state index contributed by atoms with van der Waals surface area (Å²) in [6.07, 6.45) is 7.32. The van der Waals surface area contributed by atoms with Crippen molar-refractivity contribution in [3.05, 3.63) is 48.6 Å². The lowest BCUT2D eigenvalue weighted by atomic mass is 9.74. The van der Waals surface area contributed by atoms with Gasteiger partial charge < -0.3 is 24.5 Å². The number of carbonyl (C=O) groups excluding carboxylic acids is 3. The van der Waals surface area contributed by atoms with Gasteiger partial charge in [0.25, 0.3) is 5.91 Å². The third-order valence-electron chi connectivity index (χ3n) is 7.91. The highest BCUT2D eigenvalue weighted by Crippen LogP contribution is 2.57. The fourth-order valence-electron chi connectivity index (χ4n) is 6.35. The van der Waals surface area contributed by atoms with Crippen LogP contribution in [-0.4, -0.2) is 103 Å². The van der Waals surface area contributed by atoms with E-state index in [9.17, 15) is 19.5 Å². The van der Waals surface area contributed by atoms with Crippen LogP contribution >= 0.6 is 0 Å². The summed E-state index contributed by atoms with van der Waals surface area (Å²) < 4.78 is 8.32. The minimum Gasteiger partial charge on any atom is -0.395 e. The van der Waals surface area contributed by atoms with E-state index >= 15 is 0 Å². The molecule has 6 rings (SSSR count). The highest BCUT2D eigenvalue weighted by Gasteiger charge is 2.74. The van der Waals surface area contributed by atoms with Crippen molar-refractivity contribution in [1.82, 2.24) is 29.7 Å². The summed E-state index contributed by atoms with van der Waals surface area (Å²) in [6, 6.07) is 6.45. The van der Waals surface area contributed by atoms with Crippen LogP contribution in [0.1, 0.15) is 6.92 Å². The Morgan fingerprint density at radius 2 is 1.83 bits per heavy atom. The van der Waals surface area contributed by atoms with E-state index in [-0.39, 0.29) is 44.1 Å². The minimum absolute atomic E-state index is 0.0336. The highest BCUT2D eigenvalue weighted by molar-refractivity contribution is 6.00. The molecule has 4 aliphatic heterocycles. The second-order valence-electron chi connectivity index (χ2n) is 10.1. The van der Waals surface area contributed by atoms with Crippen molar-refractivity contribution in [2.75, 3.05) is 33.3 Å². The number of aliphatic hydroxyl groups excluding tert-OH is 1. The molecule has 1 aromatic carbocycles. The summed E-state index contributed by atoms with van der Waals surface area (Å²) in [5, 5.41) is 18.2. The predicted molar refractivity (Wildman–Crippen MR) is 127 cm³/mol. The van der Waals surface area contributed by atoms with E-state index in [1.807, 2.05) is 49.4 Å². The monoisotopic (exact) mass is 492 g/mol. The number of rotatable bonds is 4. The molecule has 2 saturated heterocycles. The first-order valence-electron chi connectivity index (χ1n) is 12.1. The van der Waals surface area contributed by atoms with E-state index in [2.05, 4.69) is 10.3 Å². The van der Waals surface area contributed by atoms with Crippen molar-refractivity contribution in [1.29, 1.82) is 0 Å². The van der Waals surface area contributed by atoms with E-state index in [1.165, 1.54) is 4.90 Å². The number of likely N-dealkylation sites (N-methyl/N-ethyl adjacent to an activating group) is 1. The zero-order valence-corrected chi connectivity index (χ0v) is 20.1. The zero-order chi connectivity index (χ0) is 25.2. The average Bonchev–Trinajstić information content (AvgIpc) is 3.38. The van der Waals surface area contributed by atoms with E-state index < -0.39 is 29.1 Å². The molecule has 1 spiro atoms. The molecule has 1 N–H and O–H groups in total. The maximum atomic E-state index is 14.1. The van der Waals surface area contributed by atoms with Crippen molar-refractivity contribution in [2.45, 2.75) is 30.8 Å². The Hall–Kier alpha value is -3.57. The van der Waals surface area contributed by atoms with Gasteiger partial charge in [-0.25, -0.2) is 4.68 Å². The smallest absolute Gasteiger partial charge is 0.250 e. The van der Waals surface area contributed by atoms with Gasteiger partial charge in [0.05, 0.1) is 29.6 Å². The molecular formula is C25H28N6O5. The lowest BCUT2D eigenvalue weighted by molar-refractivity contribution is -0.153. The number of benzene rings is 1. The summed E-state index contributed by atoms with van der Waals surface area (Å²) in [5.41, 5.74) is -0.883. The standard InChI is InChI=1S/C25H28N6O5/c1-24-9-5-11-28(2)21(33)18(24)19-22(34)30(13-14-32)20-23(35)29(12-6-10-25(19,20)36-24)15-31-17-8-4-3-7-16(17)26-27-31/h3-10,18-20,32H,11-15H2,1-2H3/t18-,19-,20?,24+,25-/m0/s1. The van der Waals surface area contributed by atoms with Crippen molar-refractivity contribution in [3.8, 4) is 0 Å². The summed E-state index contributed by atoms with van der Waals surface area (Å²) in [6.45, 7) is 2.28. The largest absolute Gasteiger partial charge is 0.395 e. The van der Waals surface area contributed by atoms with E-state index in [1.54, 1.807) is 27.6 Å². The molecule has 3 amide bonds. The molecule has 1 unspecified atom stereocenters. The van der Waals surface area contributed by atoms with Gasteiger partial charge in [0.2, 0.25) is 11.8 Å². The van der Waals surface area contributed by atoms with Gasteiger partial charge >= 0.3 is 0 Å². The van der Waals surface area contributed by atoms with Crippen molar-refractivity contribution >= 4 is 28.8 Å². The van der Waals surface area contributed by atoms with Crippen LogP contribution in [0.5, 0.6) is 0 Å². The molecule has 36 heavy (non-hydrogen) atoms. The lowest BCUT2D eigenvalue weighted by Crippen LogP contribution is -2.56. The van der Waals surface area contributed by atoms with Crippen LogP contribution in [0.2, 0.25) is 0 Å². The SMILES string of the molecule is CN1CC=C[C@@]2(C)O[C@]34C=CCN(Cn5nnc6ccccc65)C(=O)C3N(CCO)C(=O)[C@@H]4[C@H]2C1=O. The predicted octanol–water partition coefficient (Wildman–Crippen LogP) is -0.221. The molecule has 5 heterocycles. The number of nitrogens with zero attached hydrogens (tertiary/aromatic N) is 6. The first kappa shape index (κ1) is 22.9. The summed E-state index contributed by atoms with van der Waals surface area (Å²) in [5.74, 6) is -2.55. The molecule has 2 fully saturated rings. The minimum atomic E-state index is -1.33. The van der Waals surface area contributed by atoms with Crippen LogP contribution in [0, 0.1) is 11.8 Å². The fraction of sp³-hybridized carbons (Fsp3) is 0.480. The number of likely N-dealkylation sites (tertiary alicyclic amines) is 1. The first-order chi connectivity index (χ1) is 17.3.